The van der Waals surface area contributed by atoms with E-state index in [-0.39, 0.29) is 0 Å². The molecule has 2 atom stereocenters. The lowest BCUT2D eigenvalue weighted by Crippen LogP contribution is -2.00. The number of rotatable bonds is 6. The molecule has 0 spiro atoms. The van der Waals surface area contributed by atoms with Crippen molar-refractivity contribution in [2.45, 2.75) is 53.4 Å². The predicted octanol–water partition coefficient (Wildman–Crippen LogP) is 4.86. The van der Waals surface area contributed by atoms with Gasteiger partial charge in [0, 0.05) is 0 Å². The third-order valence-electron chi connectivity index (χ3n) is 3.59. The lowest BCUT2D eigenvalue weighted by atomic mass is 9.95. The molecule has 0 radical (unpaired) electrons. The highest BCUT2D eigenvalue weighted by Crippen LogP contribution is 2.15. The molecule has 16 heavy (non-hydrogen) atoms. The topological polar surface area (TPSA) is 0 Å². The summed E-state index contributed by atoms with van der Waals surface area (Å²) < 4.78 is 0. The van der Waals surface area contributed by atoms with Gasteiger partial charge in [-0.2, -0.15) is 0 Å². The summed E-state index contributed by atoms with van der Waals surface area (Å²) in [6.45, 7) is 9.18. The zero-order chi connectivity index (χ0) is 12.0. The van der Waals surface area contributed by atoms with Crippen molar-refractivity contribution in [1.29, 1.82) is 0 Å². The van der Waals surface area contributed by atoms with Gasteiger partial charge in [-0.3, -0.25) is 0 Å². The Hall–Kier alpha value is -0.780. The summed E-state index contributed by atoms with van der Waals surface area (Å²) in [5.74, 6) is 1.61. The van der Waals surface area contributed by atoms with Gasteiger partial charge in [0.15, 0.2) is 0 Å². The van der Waals surface area contributed by atoms with E-state index < -0.39 is 0 Å². The Morgan fingerprint density at radius 2 is 1.06 bits per heavy atom. The van der Waals surface area contributed by atoms with Gasteiger partial charge in [-0.05, 0) is 35.8 Å². The Morgan fingerprint density at radius 3 is 1.31 bits per heavy atom. The maximum atomic E-state index is 2.33. The van der Waals surface area contributed by atoms with E-state index in [1.165, 1.54) is 36.8 Å². The first kappa shape index (κ1) is 13.3. The van der Waals surface area contributed by atoms with E-state index in [9.17, 15) is 0 Å². The summed E-state index contributed by atoms with van der Waals surface area (Å²) in [5, 5.41) is 0. The SMILES string of the molecule is CCC(C)Cc1ccc(CC(C)CC)cc1. The Labute approximate surface area is 101 Å². The van der Waals surface area contributed by atoms with Crippen LogP contribution in [0.5, 0.6) is 0 Å². The minimum atomic E-state index is 0.806. The molecule has 0 aliphatic carbocycles. The molecule has 0 N–H and O–H groups in total. The van der Waals surface area contributed by atoms with E-state index >= 15 is 0 Å². The molecule has 0 saturated heterocycles. The van der Waals surface area contributed by atoms with E-state index in [1.807, 2.05) is 0 Å². The van der Waals surface area contributed by atoms with Crippen molar-refractivity contribution >= 4 is 0 Å². The van der Waals surface area contributed by atoms with Crippen molar-refractivity contribution < 1.29 is 0 Å². The molecule has 0 nitrogen and oxygen atoms in total. The fourth-order valence-corrected chi connectivity index (χ4v) is 1.90. The Balaban J connectivity index is 2.54. The van der Waals surface area contributed by atoms with E-state index in [1.54, 1.807) is 0 Å². The zero-order valence-electron chi connectivity index (χ0n) is 11.3. The van der Waals surface area contributed by atoms with Crippen LogP contribution >= 0.6 is 0 Å². The van der Waals surface area contributed by atoms with Gasteiger partial charge in [-0.25, -0.2) is 0 Å². The highest BCUT2D eigenvalue weighted by atomic mass is 14.1. The van der Waals surface area contributed by atoms with E-state index in [4.69, 9.17) is 0 Å². The Kier molecular flexibility index (Phi) is 5.59. The highest BCUT2D eigenvalue weighted by molar-refractivity contribution is 5.23. The van der Waals surface area contributed by atoms with Gasteiger partial charge in [0.05, 0.1) is 0 Å². The molecule has 0 amide bonds. The molecule has 1 aromatic rings. The number of hydrogen-bond donors (Lipinski definition) is 0. The number of hydrogen-bond acceptors (Lipinski definition) is 0. The fraction of sp³-hybridized carbons (Fsp3) is 0.625. The fourth-order valence-electron chi connectivity index (χ4n) is 1.90. The minimum Gasteiger partial charge on any atom is -0.0651 e. The Morgan fingerprint density at radius 1 is 0.750 bits per heavy atom. The molecule has 0 aliphatic rings. The van der Waals surface area contributed by atoms with Crippen LogP contribution in [0.3, 0.4) is 0 Å². The second-order valence-corrected chi connectivity index (χ2v) is 5.25. The van der Waals surface area contributed by atoms with Gasteiger partial charge in [-0.1, -0.05) is 64.8 Å². The normalized spacial score (nSPS) is 14.8. The van der Waals surface area contributed by atoms with E-state index in [2.05, 4.69) is 52.0 Å². The third kappa shape index (κ3) is 4.38. The van der Waals surface area contributed by atoms with Crippen molar-refractivity contribution in [3.63, 3.8) is 0 Å². The summed E-state index contributed by atoms with van der Waals surface area (Å²) in [6, 6.07) is 9.24. The molecule has 0 aromatic heterocycles. The van der Waals surface area contributed by atoms with Gasteiger partial charge >= 0.3 is 0 Å². The zero-order valence-corrected chi connectivity index (χ0v) is 11.3. The smallest absolute Gasteiger partial charge is 0.0253 e. The van der Waals surface area contributed by atoms with Crippen molar-refractivity contribution in [3.05, 3.63) is 35.4 Å². The predicted molar refractivity (Wildman–Crippen MR) is 72.8 cm³/mol. The Bertz CT molecular complexity index is 252. The molecular weight excluding hydrogens is 192 g/mol. The molecule has 1 aromatic carbocycles. The van der Waals surface area contributed by atoms with Crippen LogP contribution < -0.4 is 0 Å². The molecular formula is C16H26. The highest BCUT2D eigenvalue weighted by Gasteiger charge is 2.03. The van der Waals surface area contributed by atoms with Crippen LogP contribution in [-0.2, 0) is 12.8 Å². The average molecular weight is 218 g/mol. The monoisotopic (exact) mass is 218 g/mol. The first-order valence-electron chi connectivity index (χ1n) is 6.73. The summed E-state index contributed by atoms with van der Waals surface area (Å²) in [5.41, 5.74) is 2.98. The molecule has 0 bridgehead atoms. The maximum absolute atomic E-state index is 2.33. The van der Waals surface area contributed by atoms with E-state index in [0.29, 0.717) is 0 Å². The molecule has 0 aliphatic heterocycles. The summed E-state index contributed by atoms with van der Waals surface area (Å²) >= 11 is 0. The lowest BCUT2D eigenvalue weighted by Gasteiger charge is -2.11. The molecule has 90 valence electrons. The largest absolute Gasteiger partial charge is 0.0651 e. The van der Waals surface area contributed by atoms with E-state index in [0.717, 1.165) is 11.8 Å². The van der Waals surface area contributed by atoms with Crippen molar-refractivity contribution in [2.24, 2.45) is 11.8 Å². The van der Waals surface area contributed by atoms with Crippen LogP contribution in [0.4, 0.5) is 0 Å². The van der Waals surface area contributed by atoms with Crippen molar-refractivity contribution in [2.75, 3.05) is 0 Å². The van der Waals surface area contributed by atoms with Crippen molar-refractivity contribution in [1.82, 2.24) is 0 Å². The first-order chi connectivity index (χ1) is 7.65. The first-order valence-corrected chi connectivity index (χ1v) is 6.73. The second kappa shape index (κ2) is 6.73. The van der Waals surface area contributed by atoms with Crippen LogP contribution in [0, 0.1) is 11.8 Å². The quantitative estimate of drug-likeness (QED) is 0.639. The summed E-state index contributed by atoms with van der Waals surface area (Å²) in [6.07, 6.45) is 4.99. The molecule has 2 unspecified atom stereocenters. The van der Waals surface area contributed by atoms with Crippen LogP contribution in [0.1, 0.15) is 51.7 Å². The molecule has 0 heterocycles. The molecule has 0 saturated carbocycles. The molecule has 1 rings (SSSR count). The average Bonchev–Trinajstić information content (AvgIpc) is 2.31. The molecule has 0 heteroatoms. The van der Waals surface area contributed by atoms with Gasteiger partial charge in [-0.15, -0.1) is 0 Å². The van der Waals surface area contributed by atoms with Crippen molar-refractivity contribution in [3.8, 4) is 0 Å². The maximum Gasteiger partial charge on any atom is -0.0253 e. The van der Waals surface area contributed by atoms with Gasteiger partial charge < -0.3 is 0 Å². The van der Waals surface area contributed by atoms with Gasteiger partial charge in [0.1, 0.15) is 0 Å². The number of benzene rings is 1. The van der Waals surface area contributed by atoms with Crippen LogP contribution in [0.2, 0.25) is 0 Å². The minimum absolute atomic E-state index is 0.806. The summed E-state index contributed by atoms with van der Waals surface area (Å²) in [7, 11) is 0. The van der Waals surface area contributed by atoms with Crippen LogP contribution in [0.15, 0.2) is 24.3 Å². The lowest BCUT2D eigenvalue weighted by molar-refractivity contribution is 0.555. The standard InChI is InChI=1S/C16H26/c1-5-13(3)11-15-7-9-16(10-8-15)12-14(4)6-2/h7-10,13-14H,5-6,11-12H2,1-4H3. The van der Waals surface area contributed by atoms with Crippen LogP contribution in [-0.4, -0.2) is 0 Å². The summed E-state index contributed by atoms with van der Waals surface area (Å²) in [4.78, 5) is 0. The molecule has 0 fully saturated rings. The third-order valence-corrected chi connectivity index (χ3v) is 3.59. The van der Waals surface area contributed by atoms with Crippen LogP contribution in [0.25, 0.3) is 0 Å². The second-order valence-electron chi connectivity index (χ2n) is 5.25. The van der Waals surface area contributed by atoms with Gasteiger partial charge in [0.25, 0.3) is 0 Å². The van der Waals surface area contributed by atoms with Gasteiger partial charge in [0.2, 0.25) is 0 Å².